The van der Waals surface area contributed by atoms with E-state index in [1.165, 1.54) is 25.2 Å². The highest BCUT2D eigenvalue weighted by Crippen LogP contribution is 2.01. The number of nitrogens with one attached hydrogen (secondary N) is 2. The quantitative estimate of drug-likeness (QED) is 0.545. The molecule has 98 valence electrons. The minimum atomic E-state index is -0.188. The average molecular weight is 248 g/mol. The Bertz CT molecular complexity index is 375. The maximum atomic E-state index is 11.6. The van der Waals surface area contributed by atoms with Crippen LogP contribution in [0, 0.1) is 0 Å². The second kappa shape index (κ2) is 8.22. The third-order valence-electron chi connectivity index (χ3n) is 2.38. The molecule has 18 heavy (non-hydrogen) atoms. The molecule has 0 saturated carbocycles. The molecule has 1 rings (SSSR count). The fourth-order valence-corrected chi connectivity index (χ4v) is 1.38. The fraction of sp³-hybridized carbons (Fsp3) is 0.462. The summed E-state index contributed by atoms with van der Waals surface area (Å²) in [6.07, 6.45) is 8.14. The van der Waals surface area contributed by atoms with Crippen molar-refractivity contribution < 1.29 is 4.79 Å². The van der Waals surface area contributed by atoms with Crippen LogP contribution >= 0.6 is 0 Å². The summed E-state index contributed by atoms with van der Waals surface area (Å²) in [5.74, 6) is 0.374. The van der Waals surface area contributed by atoms with E-state index in [0.717, 1.165) is 13.0 Å². The molecule has 0 aliphatic heterocycles. The van der Waals surface area contributed by atoms with Crippen molar-refractivity contribution >= 4 is 11.9 Å². The topological polar surface area (TPSA) is 66.9 Å². The number of carbonyl (C=O) groups is 1. The molecule has 0 aliphatic carbocycles. The zero-order chi connectivity index (χ0) is 13.2. The summed E-state index contributed by atoms with van der Waals surface area (Å²) >= 11 is 0. The molecule has 1 amide bonds. The second-order valence-electron chi connectivity index (χ2n) is 3.93. The highest BCUT2D eigenvalue weighted by Gasteiger charge is 2.05. The predicted octanol–water partition coefficient (Wildman–Crippen LogP) is 1.99. The molecular weight excluding hydrogens is 228 g/mol. The minimum Gasteiger partial charge on any atom is -0.354 e. The van der Waals surface area contributed by atoms with Crippen molar-refractivity contribution in [2.24, 2.45) is 0 Å². The van der Waals surface area contributed by atoms with Crippen LogP contribution in [0.5, 0.6) is 0 Å². The number of carbonyl (C=O) groups excluding carboxylic acids is 1. The van der Waals surface area contributed by atoms with Gasteiger partial charge in [-0.15, -0.1) is 6.58 Å². The van der Waals surface area contributed by atoms with Crippen LogP contribution in [-0.2, 0) is 0 Å². The summed E-state index contributed by atoms with van der Waals surface area (Å²) in [5.41, 5.74) is 0.455. The summed E-state index contributed by atoms with van der Waals surface area (Å²) in [6, 6.07) is 0. The van der Waals surface area contributed by atoms with Gasteiger partial charge >= 0.3 is 0 Å². The monoisotopic (exact) mass is 248 g/mol. The molecule has 1 aromatic heterocycles. The molecule has 5 nitrogen and oxygen atoms in total. The largest absolute Gasteiger partial charge is 0.354 e. The van der Waals surface area contributed by atoms with Crippen LogP contribution in [0.3, 0.4) is 0 Å². The number of aromatic nitrogens is 2. The number of nitrogens with zero attached hydrogens (tertiary/aromatic N) is 2. The van der Waals surface area contributed by atoms with E-state index in [-0.39, 0.29) is 5.91 Å². The smallest absolute Gasteiger partial charge is 0.254 e. The van der Waals surface area contributed by atoms with Crippen molar-refractivity contribution in [3.05, 3.63) is 30.6 Å². The van der Waals surface area contributed by atoms with Gasteiger partial charge < -0.3 is 10.6 Å². The molecular formula is C13H20N4O. The van der Waals surface area contributed by atoms with Crippen LogP contribution in [0.2, 0.25) is 0 Å². The van der Waals surface area contributed by atoms with Crippen LogP contribution in [-0.4, -0.2) is 29.0 Å². The highest BCUT2D eigenvalue weighted by molar-refractivity contribution is 5.93. The number of hydrogen-bond donors (Lipinski definition) is 2. The standard InChI is InChI=1S/C13H20N4O/c1-3-5-6-8-15-13-16-9-11(10-17-13)12(18)14-7-4-2/h4,9-10H,2-3,5-8H2,1H3,(H,14,18)(H,15,16,17). The van der Waals surface area contributed by atoms with Crippen LogP contribution in [0.15, 0.2) is 25.0 Å². The van der Waals surface area contributed by atoms with E-state index < -0.39 is 0 Å². The molecule has 0 aromatic carbocycles. The summed E-state index contributed by atoms with van der Waals surface area (Å²) < 4.78 is 0. The van der Waals surface area contributed by atoms with Gasteiger partial charge in [0.2, 0.25) is 5.95 Å². The van der Waals surface area contributed by atoms with Crippen LogP contribution in [0.4, 0.5) is 5.95 Å². The van der Waals surface area contributed by atoms with E-state index in [9.17, 15) is 4.79 Å². The Morgan fingerprint density at radius 1 is 1.39 bits per heavy atom. The molecule has 0 bridgehead atoms. The number of hydrogen-bond acceptors (Lipinski definition) is 4. The Kier molecular flexibility index (Phi) is 6.46. The zero-order valence-electron chi connectivity index (χ0n) is 10.8. The maximum absolute atomic E-state index is 11.6. The summed E-state index contributed by atoms with van der Waals surface area (Å²) in [7, 11) is 0. The molecule has 0 fully saturated rings. The van der Waals surface area contributed by atoms with Crippen molar-refractivity contribution in [1.82, 2.24) is 15.3 Å². The normalized spacial score (nSPS) is 9.83. The highest BCUT2D eigenvalue weighted by atomic mass is 16.1. The van der Waals surface area contributed by atoms with Crippen molar-refractivity contribution in [1.29, 1.82) is 0 Å². The van der Waals surface area contributed by atoms with Crippen LogP contribution in [0.25, 0.3) is 0 Å². The van der Waals surface area contributed by atoms with E-state index in [1.54, 1.807) is 6.08 Å². The van der Waals surface area contributed by atoms with Crippen LogP contribution < -0.4 is 10.6 Å². The molecule has 0 atom stereocenters. The van der Waals surface area contributed by atoms with Gasteiger partial charge in [0.1, 0.15) is 0 Å². The Morgan fingerprint density at radius 3 is 2.72 bits per heavy atom. The van der Waals surface area contributed by atoms with Crippen molar-refractivity contribution in [3.8, 4) is 0 Å². The molecule has 1 heterocycles. The molecule has 0 saturated heterocycles. The first kappa shape index (κ1) is 14.2. The fourth-order valence-electron chi connectivity index (χ4n) is 1.38. The predicted molar refractivity (Wildman–Crippen MR) is 72.6 cm³/mol. The molecule has 0 aliphatic rings. The Morgan fingerprint density at radius 2 is 2.11 bits per heavy atom. The first-order valence-corrected chi connectivity index (χ1v) is 6.23. The molecule has 0 unspecified atom stereocenters. The van der Waals surface area contributed by atoms with Gasteiger partial charge in [0.15, 0.2) is 0 Å². The van der Waals surface area contributed by atoms with E-state index in [2.05, 4.69) is 34.1 Å². The maximum Gasteiger partial charge on any atom is 0.254 e. The van der Waals surface area contributed by atoms with Crippen molar-refractivity contribution in [2.45, 2.75) is 26.2 Å². The first-order chi connectivity index (χ1) is 8.77. The van der Waals surface area contributed by atoms with Gasteiger partial charge in [0, 0.05) is 25.5 Å². The Balaban J connectivity index is 2.41. The number of rotatable bonds is 8. The van der Waals surface area contributed by atoms with E-state index in [4.69, 9.17) is 0 Å². The second-order valence-corrected chi connectivity index (χ2v) is 3.93. The first-order valence-electron chi connectivity index (χ1n) is 6.23. The Hall–Kier alpha value is -1.91. The van der Waals surface area contributed by atoms with Gasteiger partial charge in [0.05, 0.1) is 5.56 Å². The number of unbranched alkanes of at least 4 members (excludes halogenated alkanes) is 2. The summed E-state index contributed by atoms with van der Waals surface area (Å²) in [5, 5.41) is 5.79. The molecule has 2 N–H and O–H groups in total. The lowest BCUT2D eigenvalue weighted by atomic mass is 10.2. The van der Waals surface area contributed by atoms with Gasteiger partial charge in [-0.05, 0) is 6.42 Å². The minimum absolute atomic E-state index is 0.188. The van der Waals surface area contributed by atoms with Gasteiger partial charge in [-0.3, -0.25) is 4.79 Å². The summed E-state index contributed by atoms with van der Waals surface area (Å²) in [6.45, 7) is 6.99. The lowest BCUT2D eigenvalue weighted by Gasteiger charge is -2.05. The lowest BCUT2D eigenvalue weighted by Crippen LogP contribution is -2.23. The zero-order valence-corrected chi connectivity index (χ0v) is 10.8. The number of anilines is 1. The third kappa shape index (κ3) is 4.95. The van der Waals surface area contributed by atoms with E-state index >= 15 is 0 Å². The number of amides is 1. The molecule has 1 aromatic rings. The van der Waals surface area contributed by atoms with Gasteiger partial charge in [-0.25, -0.2) is 9.97 Å². The van der Waals surface area contributed by atoms with E-state index in [1.807, 2.05) is 0 Å². The summed E-state index contributed by atoms with van der Waals surface area (Å²) in [4.78, 5) is 19.7. The van der Waals surface area contributed by atoms with Crippen molar-refractivity contribution in [2.75, 3.05) is 18.4 Å². The van der Waals surface area contributed by atoms with Crippen LogP contribution in [0.1, 0.15) is 36.5 Å². The van der Waals surface area contributed by atoms with Gasteiger partial charge in [0.25, 0.3) is 5.91 Å². The van der Waals surface area contributed by atoms with Crippen molar-refractivity contribution in [3.63, 3.8) is 0 Å². The van der Waals surface area contributed by atoms with Gasteiger partial charge in [-0.2, -0.15) is 0 Å². The lowest BCUT2D eigenvalue weighted by molar-refractivity contribution is 0.0957. The van der Waals surface area contributed by atoms with Gasteiger partial charge in [-0.1, -0.05) is 25.8 Å². The SMILES string of the molecule is C=CCNC(=O)c1cnc(NCCCCC)nc1. The average Bonchev–Trinajstić information content (AvgIpc) is 2.41. The Labute approximate surface area is 108 Å². The van der Waals surface area contributed by atoms with E-state index in [0.29, 0.717) is 18.1 Å². The molecule has 0 radical (unpaired) electrons. The molecule has 0 spiro atoms. The third-order valence-corrected chi connectivity index (χ3v) is 2.38. The molecule has 5 heteroatoms.